The molecule has 0 aliphatic heterocycles. The van der Waals surface area contributed by atoms with Gasteiger partial charge in [0.2, 0.25) is 0 Å². The van der Waals surface area contributed by atoms with E-state index in [-0.39, 0.29) is 11.7 Å². The molecule has 2 aromatic carbocycles. The lowest BCUT2D eigenvalue weighted by Gasteiger charge is -2.18. The highest BCUT2D eigenvalue weighted by Gasteiger charge is 2.47. The molecular formula is C20H15FN2OS. The molecule has 25 heavy (non-hydrogen) atoms. The molecule has 1 aromatic heterocycles. The first-order chi connectivity index (χ1) is 12.0. The molecule has 4 rings (SSSR count). The number of carbonyl (C=O) groups excluding carboxylic acids is 1. The van der Waals surface area contributed by atoms with E-state index in [2.05, 4.69) is 11.4 Å². The van der Waals surface area contributed by atoms with Gasteiger partial charge in [0.25, 0.3) is 5.91 Å². The number of benzene rings is 2. The minimum absolute atomic E-state index is 0.182. The fourth-order valence-electron chi connectivity index (χ4n) is 3.22. The van der Waals surface area contributed by atoms with Gasteiger partial charge in [-0.2, -0.15) is 5.26 Å². The van der Waals surface area contributed by atoms with E-state index in [1.54, 1.807) is 24.3 Å². The van der Waals surface area contributed by atoms with Crippen molar-refractivity contribution in [2.45, 2.75) is 25.3 Å². The minimum Gasteiger partial charge on any atom is -0.342 e. The van der Waals surface area contributed by atoms with Crippen molar-refractivity contribution in [2.24, 2.45) is 0 Å². The van der Waals surface area contributed by atoms with Crippen molar-refractivity contribution in [3.63, 3.8) is 0 Å². The summed E-state index contributed by atoms with van der Waals surface area (Å²) in [6, 6.07) is 14.2. The van der Waals surface area contributed by atoms with Gasteiger partial charge in [-0.1, -0.05) is 18.2 Å². The lowest BCUT2D eigenvalue weighted by molar-refractivity contribution is 0.0934. The Bertz CT molecular complexity index is 1040. The summed E-state index contributed by atoms with van der Waals surface area (Å²) >= 11 is 1.40. The average molecular weight is 350 g/mol. The predicted octanol–water partition coefficient (Wildman–Crippen LogP) is 4.64. The lowest BCUT2D eigenvalue weighted by Crippen LogP contribution is -2.35. The van der Waals surface area contributed by atoms with Crippen LogP contribution >= 0.6 is 11.3 Å². The number of rotatable bonds is 3. The van der Waals surface area contributed by atoms with Gasteiger partial charge in [0.1, 0.15) is 5.82 Å². The molecular weight excluding hydrogens is 335 g/mol. The zero-order valence-corrected chi connectivity index (χ0v) is 14.4. The molecule has 0 radical (unpaired) electrons. The van der Waals surface area contributed by atoms with Gasteiger partial charge in [-0.15, -0.1) is 11.3 Å². The van der Waals surface area contributed by atoms with Gasteiger partial charge in [0, 0.05) is 10.3 Å². The van der Waals surface area contributed by atoms with Gasteiger partial charge >= 0.3 is 0 Å². The quantitative estimate of drug-likeness (QED) is 0.748. The van der Waals surface area contributed by atoms with Crippen LogP contribution in [0.5, 0.6) is 0 Å². The summed E-state index contributed by atoms with van der Waals surface area (Å²) in [5.74, 6) is -0.468. The molecule has 3 aromatic rings. The number of hydrogen-bond acceptors (Lipinski definition) is 3. The van der Waals surface area contributed by atoms with Gasteiger partial charge < -0.3 is 5.32 Å². The predicted molar refractivity (Wildman–Crippen MR) is 96.1 cm³/mol. The van der Waals surface area contributed by atoms with Gasteiger partial charge in [0.15, 0.2) is 0 Å². The van der Waals surface area contributed by atoms with E-state index in [1.807, 2.05) is 19.1 Å². The summed E-state index contributed by atoms with van der Waals surface area (Å²) in [5.41, 5.74) is 1.39. The Morgan fingerprint density at radius 3 is 2.72 bits per heavy atom. The number of thiophene rings is 1. The van der Waals surface area contributed by atoms with Crippen LogP contribution in [0.15, 0.2) is 42.5 Å². The third-order valence-electron chi connectivity index (χ3n) is 4.76. The maximum atomic E-state index is 14.1. The van der Waals surface area contributed by atoms with Crippen LogP contribution < -0.4 is 5.32 Å². The number of halogens is 1. The van der Waals surface area contributed by atoms with Crippen LogP contribution in [0, 0.1) is 24.1 Å². The van der Waals surface area contributed by atoms with E-state index in [0.29, 0.717) is 16.0 Å². The van der Waals surface area contributed by atoms with Gasteiger partial charge in [-0.25, -0.2) is 4.39 Å². The SMILES string of the molecule is Cc1c(C(=O)NC2(c3ccccc3F)CC2)sc2ccc(C#N)cc12. The molecule has 1 aliphatic carbocycles. The van der Waals surface area contributed by atoms with Crippen LogP contribution in [0.1, 0.15) is 39.2 Å². The molecule has 1 saturated carbocycles. The topological polar surface area (TPSA) is 52.9 Å². The van der Waals surface area contributed by atoms with E-state index in [4.69, 9.17) is 5.26 Å². The van der Waals surface area contributed by atoms with Crippen molar-refractivity contribution in [1.82, 2.24) is 5.32 Å². The van der Waals surface area contributed by atoms with Crippen molar-refractivity contribution in [1.29, 1.82) is 5.26 Å². The Morgan fingerprint density at radius 1 is 1.28 bits per heavy atom. The lowest BCUT2D eigenvalue weighted by atomic mass is 10.0. The largest absolute Gasteiger partial charge is 0.342 e. The number of hydrogen-bond donors (Lipinski definition) is 1. The van der Waals surface area contributed by atoms with Crippen LogP contribution in [0.3, 0.4) is 0 Å². The summed E-state index contributed by atoms with van der Waals surface area (Å²) in [6.07, 6.45) is 1.48. The molecule has 1 fully saturated rings. The molecule has 0 unspecified atom stereocenters. The molecule has 1 N–H and O–H groups in total. The summed E-state index contributed by atoms with van der Waals surface area (Å²) < 4.78 is 15.1. The fraction of sp³-hybridized carbons (Fsp3) is 0.200. The first kappa shape index (κ1) is 15.8. The Labute approximate surface area is 148 Å². The molecule has 0 spiro atoms. The number of nitrogens with zero attached hydrogens (tertiary/aromatic N) is 1. The monoisotopic (exact) mass is 350 g/mol. The molecule has 0 atom stereocenters. The van der Waals surface area contributed by atoms with Crippen LogP contribution in [0.4, 0.5) is 4.39 Å². The minimum atomic E-state index is -0.594. The first-order valence-corrected chi connectivity index (χ1v) is 8.86. The van der Waals surface area contributed by atoms with Crippen molar-refractivity contribution in [3.05, 3.63) is 69.8 Å². The smallest absolute Gasteiger partial charge is 0.262 e. The van der Waals surface area contributed by atoms with Crippen molar-refractivity contribution >= 4 is 27.3 Å². The second-order valence-corrected chi connectivity index (χ2v) is 7.45. The average Bonchev–Trinajstić information content (AvgIpc) is 3.31. The van der Waals surface area contributed by atoms with E-state index >= 15 is 0 Å². The number of carbonyl (C=O) groups is 1. The molecule has 0 saturated heterocycles. The number of nitriles is 1. The molecule has 3 nitrogen and oxygen atoms in total. The second-order valence-electron chi connectivity index (χ2n) is 6.40. The molecule has 1 amide bonds. The normalized spacial score (nSPS) is 14.9. The summed E-state index contributed by atoms with van der Waals surface area (Å²) in [4.78, 5) is 13.5. The Morgan fingerprint density at radius 2 is 2.04 bits per heavy atom. The maximum Gasteiger partial charge on any atom is 0.262 e. The molecule has 0 bridgehead atoms. The molecule has 1 aliphatic rings. The van der Waals surface area contributed by atoms with Crippen LogP contribution in [-0.4, -0.2) is 5.91 Å². The van der Waals surface area contributed by atoms with Crippen LogP contribution in [0.25, 0.3) is 10.1 Å². The highest BCUT2D eigenvalue weighted by Crippen LogP contribution is 2.47. The van der Waals surface area contributed by atoms with Crippen molar-refractivity contribution in [2.75, 3.05) is 0 Å². The number of amides is 1. The van der Waals surface area contributed by atoms with Crippen molar-refractivity contribution < 1.29 is 9.18 Å². The second kappa shape index (κ2) is 5.68. The van der Waals surface area contributed by atoms with Crippen LogP contribution in [-0.2, 0) is 5.54 Å². The van der Waals surface area contributed by atoms with Gasteiger partial charge in [-0.05, 0) is 55.0 Å². The zero-order chi connectivity index (χ0) is 17.6. The molecule has 124 valence electrons. The van der Waals surface area contributed by atoms with E-state index in [9.17, 15) is 9.18 Å². The fourth-order valence-corrected chi connectivity index (χ4v) is 4.30. The van der Waals surface area contributed by atoms with E-state index in [0.717, 1.165) is 28.5 Å². The highest BCUT2D eigenvalue weighted by molar-refractivity contribution is 7.21. The first-order valence-electron chi connectivity index (χ1n) is 8.05. The molecule has 1 heterocycles. The number of aryl methyl sites for hydroxylation is 1. The highest BCUT2D eigenvalue weighted by atomic mass is 32.1. The zero-order valence-electron chi connectivity index (χ0n) is 13.6. The summed E-state index contributed by atoms with van der Waals surface area (Å²) in [6.45, 7) is 1.89. The van der Waals surface area contributed by atoms with Crippen LogP contribution in [0.2, 0.25) is 0 Å². The number of nitrogens with one attached hydrogen (secondary N) is 1. The Kier molecular flexibility index (Phi) is 3.59. The third-order valence-corrected chi connectivity index (χ3v) is 6.04. The van der Waals surface area contributed by atoms with Gasteiger partial charge in [-0.3, -0.25) is 4.79 Å². The molecule has 5 heteroatoms. The third kappa shape index (κ3) is 2.59. The summed E-state index contributed by atoms with van der Waals surface area (Å²) in [5, 5.41) is 13.0. The maximum absolute atomic E-state index is 14.1. The number of fused-ring (bicyclic) bond motifs is 1. The Hall–Kier alpha value is -2.71. The van der Waals surface area contributed by atoms with Gasteiger partial charge in [0.05, 0.1) is 22.0 Å². The Balaban J connectivity index is 1.68. The standard InChI is InChI=1S/C20H15FN2OS/c1-12-14-10-13(11-22)6-7-17(14)25-18(12)19(24)23-20(8-9-20)15-4-2-3-5-16(15)21/h2-7,10H,8-9H2,1H3,(H,23,24). The van der Waals surface area contributed by atoms with Crippen molar-refractivity contribution in [3.8, 4) is 6.07 Å². The van der Waals surface area contributed by atoms with E-state index in [1.165, 1.54) is 17.4 Å². The van der Waals surface area contributed by atoms with E-state index < -0.39 is 5.54 Å². The summed E-state index contributed by atoms with van der Waals surface area (Å²) in [7, 11) is 0.